The fraction of sp³-hybridized carbons (Fsp3) is 0.967. The molecular weight excluding hydrogens is 424 g/mol. The Kier molecular flexibility index (Phi) is 26.5. The Morgan fingerprint density at radius 1 is 0.559 bits per heavy atom. The van der Waals surface area contributed by atoms with E-state index in [0.29, 0.717) is 0 Å². The van der Waals surface area contributed by atoms with Gasteiger partial charge in [0.2, 0.25) is 0 Å². The van der Waals surface area contributed by atoms with Gasteiger partial charge in [0.15, 0.2) is 6.29 Å². The van der Waals surface area contributed by atoms with Gasteiger partial charge in [0.1, 0.15) is 6.10 Å². The van der Waals surface area contributed by atoms with E-state index in [-0.39, 0.29) is 18.4 Å². The van der Waals surface area contributed by atoms with Crippen molar-refractivity contribution < 1.29 is 19.0 Å². The van der Waals surface area contributed by atoms with Crippen LogP contribution in [0.1, 0.15) is 163 Å². The second-order valence-corrected chi connectivity index (χ2v) is 10.0. The molecule has 0 aliphatic rings. The molecule has 0 saturated heterocycles. The van der Waals surface area contributed by atoms with E-state index >= 15 is 0 Å². The van der Waals surface area contributed by atoms with Crippen molar-refractivity contribution in [3.05, 3.63) is 0 Å². The molecule has 4 nitrogen and oxygen atoms in total. The van der Waals surface area contributed by atoms with Crippen LogP contribution in [0, 0.1) is 0 Å². The molecule has 0 aromatic rings. The van der Waals surface area contributed by atoms with Crippen LogP contribution < -0.4 is 0 Å². The monoisotopic (exact) mass is 484 g/mol. The Morgan fingerprint density at radius 3 is 1.41 bits per heavy atom. The van der Waals surface area contributed by atoms with Crippen molar-refractivity contribution in [2.45, 2.75) is 175 Å². The predicted molar refractivity (Wildman–Crippen MR) is 145 cm³/mol. The number of unbranched alkanes of at least 4 members (excludes halogenated alkanes) is 15. The maximum atomic E-state index is 11.1. The minimum absolute atomic E-state index is 0.0374. The number of ether oxygens (including phenoxy) is 3. The number of carbonyl (C=O) groups is 1. The van der Waals surface area contributed by atoms with Crippen molar-refractivity contribution in [3.63, 3.8) is 0 Å². The van der Waals surface area contributed by atoms with Gasteiger partial charge in [-0.1, -0.05) is 111 Å². The highest BCUT2D eigenvalue weighted by molar-refractivity contribution is 5.66. The largest absolute Gasteiger partial charge is 0.463 e. The van der Waals surface area contributed by atoms with Gasteiger partial charge in [-0.05, 0) is 44.9 Å². The van der Waals surface area contributed by atoms with Crippen LogP contribution in [-0.4, -0.2) is 31.6 Å². The Labute approximate surface area is 213 Å². The highest BCUT2D eigenvalue weighted by atomic mass is 16.7. The SMILES string of the molecule is CCCCCCCCCOC(CCCCCCC(CC)OC(C)=O)OCCCCCCCCC. The summed E-state index contributed by atoms with van der Waals surface area (Å²) >= 11 is 0. The normalized spacial score (nSPS) is 12.4. The third kappa shape index (κ3) is 24.5. The van der Waals surface area contributed by atoms with Crippen LogP contribution in [0.15, 0.2) is 0 Å². The predicted octanol–water partition coefficient (Wildman–Crippen LogP) is 9.53. The van der Waals surface area contributed by atoms with Gasteiger partial charge in [0.05, 0.1) is 0 Å². The lowest BCUT2D eigenvalue weighted by molar-refractivity contribution is -0.148. The second-order valence-electron chi connectivity index (χ2n) is 10.0. The average molecular weight is 485 g/mol. The third-order valence-electron chi connectivity index (χ3n) is 6.61. The van der Waals surface area contributed by atoms with Crippen LogP contribution in [0.5, 0.6) is 0 Å². The molecule has 0 amide bonds. The van der Waals surface area contributed by atoms with Gasteiger partial charge >= 0.3 is 5.97 Å². The Bertz CT molecular complexity index is 393. The van der Waals surface area contributed by atoms with Gasteiger partial charge in [-0.3, -0.25) is 4.79 Å². The van der Waals surface area contributed by atoms with Crippen molar-refractivity contribution in [1.29, 1.82) is 0 Å². The van der Waals surface area contributed by atoms with Crippen LogP contribution in [0.4, 0.5) is 0 Å². The first-order chi connectivity index (χ1) is 16.6. The van der Waals surface area contributed by atoms with Crippen molar-refractivity contribution >= 4 is 5.97 Å². The van der Waals surface area contributed by atoms with E-state index in [4.69, 9.17) is 14.2 Å². The summed E-state index contributed by atoms with van der Waals surface area (Å²) in [5, 5.41) is 0. The summed E-state index contributed by atoms with van der Waals surface area (Å²) in [7, 11) is 0. The maximum absolute atomic E-state index is 11.1. The Balaban J connectivity index is 4.01. The van der Waals surface area contributed by atoms with E-state index in [9.17, 15) is 4.79 Å². The lowest BCUT2D eigenvalue weighted by atomic mass is 10.1. The van der Waals surface area contributed by atoms with Crippen LogP contribution in [0.3, 0.4) is 0 Å². The molecule has 1 atom stereocenters. The molecule has 0 spiro atoms. The van der Waals surface area contributed by atoms with E-state index in [1.165, 1.54) is 96.8 Å². The van der Waals surface area contributed by atoms with Gasteiger partial charge in [0, 0.05) is 20.1 Å². The Hall–Kier alpha value is -0.610. The van der Waals surface area contributed by atoms with Gasteiger partial charge in [-0.25, -0.2) is 0 Å². The fourth-order valence-corrected chi connectivity index (χ4v) is 4.38. The number of rotatable bonds is 27. The van der Waals surface area contributed by atoms with Gasteiger partial charge in [-0.2, -0.15) is 0 Å². The van der Waals surface area contributed by atoms with E-state index in [1.54, 1.807) is 0 Å². The number of hydrogen-bond donors (Lipinski definition) is 0. The summed E-state index contributed by atoms with van der Waals surface area (Å²) in [5.41, 5.74) is 0. The molecule has 4 heteroatoms. The van der Waals surface area contributed by atoms with Gasteiger partial charge in [-0.15, -0.1) is 0 Å². The molecule has 0 rings (SSSR count). The van der Waals surface area contributed by atoms with Crippen LogP contribution in [0.25, 0.3) is 0 Å². The highest BCUT2D eigenvalue weighted by Gasteiger charge is 2.11. The molecule has 204 valence electrons. The lowest BCUT2D eigenvalue weighted by Gasteiger charge is -2.19. The summed E-state index contributed by atoms with van der Waals surface area (Å²) in [5.74, 6) is -0.161. The summed E-state index contributed by atoms with van der Waals surface area (Å²) < 4.78 is 17.7. The Morgan fingerprint density at radius 2 is 0.971 bits per heavy atom. The van der Waals surface area contributed by atoms with Gasteiger partial charge < -0.3 is 14.2 Å². The summed E-state index contributed by atoms with van der Waals surface area (Å²) in [6.07, 6.45) is 25.9. The minimum atomic E-state index is -0.161. The topological polar surface area (TPSA) is 44.8 Å². The molecule has 0 fully saturated rings. The smallest absolute Gasteiger partial charge is 0.302 e. The van der Waals surface area contributed by atoms with Crippen LogP contribution >= 0.6 is 0 Å². The number of carbonyl (C=O) groups excluding carboxylic acids is 1. The quantitative estimate of drug-likeness (QED) is 0.0661. The standard InChI is InChI=1S/C30H60O4/c1-5-8-10-12-14-18-22-26-32-30(33-27-23-19-15-13-11-9-6-2)25-21-17-16-20-24-29(7-3)34-28(4)31/h29-30H,5-27H2,1-4H3. The molecule has 0 radical (unpaired) electrons. The lowest BCUT2D eigenvalue weighted by Crippen LogP contribution is -2.19. The van der Waals surface area contributed by atoms with E-state index < -0.39 is 0 Å². The first kappa shape index (κ1) is 33.4. The summed E-state index contributed by atoms with van der Waals surface area (Å²) in [6, 6.07) is 0. The number of esters is 1. The minimum Gasteiger partial charge on any atom is -0.463 e. The van der Waals surface area contributed by atoms with Crippen molar-refractivity contribution in [1.82, 2.24) is 0 Å². The summed E-state index contributed by atoms with van der Waals surface area (Å²) in [6.45, 7) is 9.79. The van der Waals surface area contributed by atoms with E-state index in [1.807, 2.05) is 0 Å². The highest BCUT2D eigenvalue weighted by Crippen LogP contribution is 2.16. The van der Waals surface area contributed by atoms with Crippen LogP contribution in [-0.2, 0) is 19.0 Å². The fourth-order valence-electron chi connectivity index (χ4n) is 4.38. The molecule has 0 aliphatic heterocycles. The molecule has 0 saturated carbocycles. The summed E-state index contributed by atoms with van der Waals surface area (Å²) in [4.78, 5) is 11.1. The molecule has 0 N–H and O–H groups in total. The van der Waals surface area contributed by atoms with E-state index in [2.05, 4.69) is 20.8 Å². The van der Waals surface area contributed by atoms with Crippen molar-refractivity contribution in [2.24, 2.45) is 0 Å². The second kappa shape index (κ2) is 27.0. The van der Waals surface area contributed by atoms with Crippen molar-refractivity contribution in [3.8, 4) is 0 Å². The molecule has 0 aromatic heterocycles. The molecule has 0 bridgehead atoms. The van der Waals surface area contributed by atoms with Crippen molar-refractivity contribution in [2.75, 3.05) is 13.2 Å². The zero-order chi connectivity index (χ0) is 25.1. The van der Waals surface area contributed by atoms with Gasteiger partial charge in [0.25, 0.3) is 0 Å². The zero-order valence-electron chi connectivity index (χ0n) is 23.6. The molecule has 0 aromatic carbocycles. The molecule has 0 aliphatic carbocycles. The molecular formula is C30H60O4. The van der Waals surface area contributed by atoms with E-state index in [0.717, 1.165) is 58.2 Å². The molecule has 0 heterocycles. The number of hydrogen-bond acceptors (Lipinski definition) is 4. The van der Waals surface area contributed by atoms with Crippen LogP contribution in [0.2, 0.25) is 0 Å². The molecule has 1 unspecified atom stereocenters. The third-order valence-corrected chi connectivity index (χ3v) is 6.61. The average Bonchev–Trinajstić information content (AvgIpc) is 2.82. The molecule has 34 heavy (non-hydrogen) atoms. The zero-order valence-corrected chi connectivity index (χ0v) is 23.6. The maximum Gasteiger partial charge on any atom is 0.302 e. The first-order valence-electron chi connectivity index (χ1n) is 15.0. The first-order valence-corrected chi connectivity index (χ1v) is 15.0.